The number of nitrogens with zero attached hydrogens (tertiary/aromatic N) is 1. The van der Waals surface area contributed by atoms with Gasteiger partial charge in [0.25, 0.3) is 0 Å². The summed E-state index contributed by atoms with van der Waals surface area (Å²) in [6.45, 7) is 1.92. The van der Waals surface area contributed by atoms with E-state index in [2.05, 4.69) is 4.98 Å². The fourth-order valence-electron chi connectivity index (χ4n) is 1.67. The Kier molecular flexibility index (Phi) is 2.56. The fourth-order valence-corrected chi connectivity index (χ4v) is 1.67. The summed E-state index contributed by atoms with van der Waals surface area (Å²) in [4.78, 5) is 4.33. The van der Waals surface area contributed by atoms with Crippen LogP contribution in [0.1, 0.15) is 5.56 Å². The topological polar surface area (TPSA) is 57.4 Å². The van der Waals surface area contributed by atoms with Crippen molar-refractivity contribution in [2.24, 2.45) is 0 Å². The average Bonchev–Trinajstić information content (AvgIpc) is 2.29. The molecule has 4 nitrogen and oxygen atoms in total. The van der Waals surface area contributed by atoms with Crippen molar-refractivity contribution in [3.05, 3.63) is 23.8 Å². The molecule has 0 aliphatic rings. The van der Waals surface area contributed by atoms with Gasteiger partial charge in [-0.3, -0.25) is 0 Å². The number of rotatable bonds is 2. The molecule has 0 spiro atoms. The van der Waals surface area contributed by atoms with Crippen LogP contribution < -0.4 is 15.2 Å². The zero-order chi connectivity index (χ0) is 11.7. The largest absolute Gasteiger partial charge is 0.496 e. The summed E-state index contributed by atoms with van der Waals surface area (Å²) in [6.07, 6.45) is 0. The molecule has 0 unspecified atom stereocenters. The van der Waals surface area contributed by atoms with Gasteiger partial charge in [0.2, 0.25) is 0 Å². The van der Waals surface area contributed by atoms with Crippen LogP contribution in [0.3, 0.4) is 0 Å². The van der Waals surface area contributed by atoms with Gasteiger partial charge in [-0.2, -0.15) is 0 Å². The van der Waals surface area contributed by atoms with Crippen LogP contribution in [0, 0.1) is 6.92 Å². The molecule has 4 heteroatoms. The molecule has 0 bridgehead atoms. The average molecular weight is 218 g/mol. The van der Waals surface area contributed by atoms with Crippen LogP contribution >= 0.6 is 0 Å². The van der Waals surface area contributed by atoms with E-state index in [0.29, 0.717) is 11.6 Å². The van der Waals surface area contributed by atoms with Gasteiger partial charge in [0.05, 0.1) is 14.2 Å². The molecular weight excluding hydrogens is 204 g/mol. The lowest BCUT2D eigenvalue weighted by molar-refractivity contribution is 0.410. The molecule has 0 aliphatic carbocycles. The summed E-state index contributed by atoms with van der Waals surface area (Å²) >= 11 is 0. The van der Waals surface area contributed by atoms with Crippen molar-refractivity contribution >= 4 is 16.7 Å². The highest BCUT2D eigenvalue weighted by Crippen LogP contribution is 2.33. The number of hydrogen-bond donors (Lipinski definition) is 1. The number of aryl methyl sites for hydroxylation is 1. The quantitative estimate of drug-likeness (QED) is 0.839. The summed E-state index contributed by atoms with van der Waals surface area (Å²) in [5, 5.41) is 0.911. The molecule has 2 aromatic rings. The lowest BCUT2D eigenvalue weighted by Crippen LogP contribution is -1.97. The first-order valence-corrected chi connectivity index (χ1v) is 4.95. The highest BCUT2D eigenvalue weighted by atomic mass is 16.5. The molecule has 1 aromatic heterocycles. The van der Waals surface area contributed by atoms with E-state index in [1.165, 1.54) is 0 Å². The number of aromatic nitrogens is 1. The molecule has 1 heterocycles. The van der Waals surface area contributed by atoms with Gasteiger partial charge < -0.3 is 15.2 Å². The Morgan fingerprint density at radius 2 is 1.75 bits per heavy atom. The Morgan fingerprint density at radius 3 is 2.38 bits per heavy atom. The van der Waals surface area contributed by atoms with Crippen LogP contribution in [0.4, 0.5) is 5.82 Å². The van der Waals surface area contributed by atoms with Crippen molar-refractivity contribution in [2.45, 2.75) is 6.92 Å². The van der Waals surface area contributed by atoms with Gasteiger partial charge in [-0.1, -0.05) is 0 Å². The van der Waals surface area contributed by atoms with Gasteiger partial charge in [0, 0.05) is 5.39 Å². The number of nitrogens with two attached hydrogens (primary N) is 1. The smallest absolute Gasteiger partial charge is 0.145 e. The summed E-state index contributed by atoms with van der Waals surface area (Å²) in [7, 11) is 3.24. The minimum atomic E-state index is 0.513. The highest BCUT2D eigenvalue weighted by Gasteiger charge is 2.10. The van der Waals surface area contributed by atoms with E-state index in [9.17, 15) is 0 Å². The number of benzene rings is 1. The minimum absolute atomic E-state index is 0.513. The van der Waals surface area contributed by atoms with Gasteiger partial charge in [-0.15, -0.1) is 0 Å². The molecule has 0 amide bonds. The third-order valence-electron chi connectivity index (χ3n) is 2.58. The maximum Gasteiger partial charge on any atom is 0.145 e. The minimum Gasteiger partial charge on any atom is -0.496 e. The van der Waals surface area contributed by atoms with Crippen molar-refractivity contribution in [1.82, 2.24) is 4.98 Å². The second-order valence-corrected chi connectivity index (χ2v) is 3.56. The molecule has 2 rings (SSSR count). The van der Waals surface area contributed by atoms with Crippen molar-refractivity contribution in [2.75, 3.05) is 20.0 Å². The third-order valence-corrected chi connectivity index (χ3v) is 2.58. The Morgan fingerprint density at radius 1 is 1.12 bits per heavy atom. The molecule has 16 heavy (non-hydrogen) atoms. The van der Waals surface area contributed by atoms with E-state index < -0.39 is 0 Å². The van der Waals surface area contributed by atoms with E-state index in [0.717, 1.165) is 22.2 Å². The van der Waals surface area contributed by atoms with Gasteiger partial charge >= 0.3 is 0 Å². The molecule has 0 radical (unpaired) electrons. The molecule has 0 saturated heterocycles. The Bertz CT molecular complexity index is 490. The van der Waals surface area contributed by atoms with Crippen molar-refractivity contribution in [3.63, 3.8) is 0 Å². The predicted octanol–water partition coefficient (Wildman–Crippen LogP) is 2.14. The van der Waals surface area contributed by atoms with Crippen LogP contribution in [-0.4, -0.2) is 19.2 Å². The summed E-state index contributed by atoms with van der Waals surface area (Å²) < 4.78 is 10.5. The van der Waals surface area contributed by atoms with Gasteiger partial charge in [-0.25, -0.2) is 4.98 Å². The lowest BCUT2D eigenvalue weighted by atomic mass is 10.1. The molecule has 1 aromatic carbocycles. The van der Waals surface area contributed by atoms with E-state index >= 15 is 0 Å². The molecule has 0 saturated carbocycles. The maximum absolute atomic E-state index is 5.79. The fraction of sp³-hybridized carbons (Fsp3) is 0.250. The van der Waals surface area contributed by atoms with Crippen LogP contribution in [0.25, 0.3) is 10.9 Å². The number of anilines is 1. The highest BCUT2D eigenvalue weighted by molar-refractivity contribution is 5.91. The number of hydrogen-bond acceptors (Lipinski definition) is 4. The predicted molar refractivity (Wildman–Crippen MR) is 64.0 cm³/mol. The van der Waals surface area contributed by atoms with Gasteiger partial charge in [0.1, 0.15) is 22.8 Å². The first-order chi connectivity index (χ1) is 7.67. The first kappa shape index (κ1) is 10.5. The first-order valence-electron chi connectivity index (χ1n) is 4.95. The second-order valence-electron chi connectivity index (χ2n) is 3.56. The molecule has 0 aliphatic heterocycles. The number of nitrogen functional groups attached to an aromatic ring is 1. The van der Waals surface area contributed by atoms with Crippen molar-refractivity contribution in [1.29, 1.82) is 0 Å². The van der Waals surface area contributed by atoms with Gasteiger partial charge in [0.15, 0.2) is 0 Å². The summed E-state index contributed by atoms with van der Waals surface area (Å²) in [5.74, 6) is 1.98. The van der Waals surface area contributed by atoms with E-state index in [1.807, 2.05) is 25.1 Å². The molecule has 0 atom stereocenters. The Labute approximate surface area is 94.0 Å². The van der Waals surface area contributed by atoms with E-state index in [4.69, 9.17) is 15.2 Å². The lowest BCUT2D eigenvalue weighted by Gasteiger charge is -2.10. The normalized spacial score (nSPS) is 10.4. The standard InChI is InChI=1S/C12H14N2O2/c1-7-6-8-9(15-2)4-5-10(16-3)11(8)14-12(7)13/h4-6H,1-3H3,(H2,13,14). The van der Waals surface area contributed by atoms with Crippen LogP contribution in [0.5, 0.6) is 11.5 Å². The van der Waals surface area contributed by atoms with Crippen LogP contribution in [0.15, 0.2) is 18.2 Å². The Hall–Kier alpha value is -1.97. The number of pyridine rings is 1. The molecule has 2 N–H and O–H groups in total. The number of ether oxygens (including phenoxy) is 2. The zero-order valence-electron chi connectivity index (χ0n) is 9.57. The maximum atomic E-state index is 5.79. The van der Waals surface area contributed by atoms with Crippen LogP contribution in [-0.2, 0) is 0 Å². The summed E-state index contributed by atoms with van der Waals surface area (Å²) in [6, 6.07) is 5.64. The monoisotopic (exact) mass is 218 g/mol. The summed E-state index contributed by atoms with van der Waals surface area (Å²) in [5.41, 5.74) is 7.45. The number of methoxy groups -OCH3 is 2. The Balaban J connectivity index is 2.85. The van der Waals surface area contributed by atoms with Gasteiger partial charge in [-0.05, 0) is 30.7 Å². The van der Waals surface area contributed by atoms with E-state index in [1.54, 1.807) is 14.2 Å². The number of fused-ring (bicyclic) bond motifs is 1. The van der Waals surface area contributed by atoms with Crippen LogP contribution in [0.2, 0.25) is 0 Å². The van der Waals surface area contributed by atoms with Crippen molar-refractivity contribution < 1.29 is 9.47 Å². The van der Waals surface area contributed by atoms with Crippen molar-refractivity contribution in [3.8, 4) is 11.5 Å². The molecule has 84 valence electrons. The zero-order valence-corrected chi connectivity index (χ0v) is 9.57. The SMILES string of the molecule is COc1ccc(OC)c2nc(N)c(C)cc12. The second kappa shape index (κ2) is 3.89. The third kappa shape index (κ3) is 1.52. The molecule has 0 fully saturated rings. The molecular formula is C12H14N2O2. The van der Waals surface area contributed by atoms with E-state index in [-0.39, 0.29) is 0 Å².